The molecular weight excluding hydrogens is 288 g/mol. The first-order valence-electron chi connectivity index (χ1n) is 7.74. The minimum atomic E-state index is -0.232. The highest BCUT2D eigenvalue weighted by Crippen LogP contribution is 2.13. The Bertz CT molecular complexity index is 634. The zero-order chi connectivity index (χ0) is 16.5. The van der Waals surface area contributed by atoms with Crippen LogP contribution in [0.25, 0.3) is 0 Å². The molecule has 0 unspecified atom stereocenters. The number of nitrogens with one attached hydrogen (secondary N) is 1. The molecule has 0 atom stereocenters. The standard InChI is InChI=1S/C19H22N2O2/c1-15(2)14-23-18-10-8-17(9-11-18)19(22)21-20-13-12-16-6-4-3-5-7-16/h3-11,13,15H,12,14H2,1-2H3,(H,21,22)/b20-13+. The molecule has 2 rings (SSSR count). The fourth-order valence-corrected chi connectivity index (χ4v) is 1.90. The van der Waals surface area contributed by atoms with Gasteiger partial charge in [0.05, 0.1) is 6.61 Å². The maximum Gasteiger partial charge on any atom is 0.271 e. The van der Waals surface area contributed by atoms with Crippen LogP contribution in [0.2, 0.25) is 0 Å². The molecule has 0 heterocycles. The monoisotopic (exact) mass is 310 g/mol. The number of carbonyl (C=O) groups is 1. The number of ether oxygens (including phenoxy) is 1. The number of hydrogen-bond donors (Lipinski definition) is 1. The van der Waals surface area contributed by atoms with Crippen LogP contribution in [-0.4, -0.2) is 18.7 Å². The van der Waals surface area contributed by atoms with Crippen LogP contribution in [0.3, 0.4) is 0 Å². The van der Waals surface area contributed by atoms with Crippen LogP contribution in [0, 0.1) is 5.92 Å². The average molecular weight is 310 g/mol. The number of hydrazone groups is 1. The van der Waals surface area contributed by atoms with Crippen LogP contribution in [-0.2, 0) is 6.42 Å². The van der Waals surface area contributed by atoms with Gasteiger partial charge in [0.1, 0.15) is 5.75 Å². The highest BCUT2D eigenvalue weighted by Gasteiger charge is 2.04. The summed E-state index contributed by atoms with van der Waals surface area (Å²) in [6.07, 6.45) is 2.37. The minimum Gasteiger partial charge on any atom is -0.493 e. The molecule has 0 bridgehead atoms. The number of nitrogens with zero attached hydrogens (tertiary/aromatic N) is 1. The molecule has 0 aliphatic rings. The van der Waals surface area contributed by atoms with Gasteiger partial charge in [-0.05, 0) is 35.7 Å². The average Bonchev–Trinajstić information content (AvgIpc) is 2.58. The molecule has 4 heteroatoms. The lowest BCUT2D eigenvalue weighted by molar-refractivity contribution is 0.0955. The van der Waals surface area contributed by atoms with Crippen LogP contribution in [0.4, 0.5) is 0 Å². The van der Waals surface area contributed by atoms with Crippen molar-refractivity contribution in [1.82, 2.24) is 5.43 Å². The zero-order valence-electron chi connectivity index (χ0n) is 13.5. The van der Waals surface area contributed by atoms with Gasteiger partial charge in [-0.2, -0.15) is 5.10 Å². The molecule has 0 spiro atoms. The van der Waals surface area contributed by atoms with Gasteiger partial charge in [-0.1, -0.05) is 44.2 Å². The summed E-state index contributed by atoms with van der Waals surface area (Å²) in [4.78, 5) is 12.0. The van der Waals surface area contributed by atoms with Gasteiger partial charge in [-0.25, -0.2) is 5.43 Å². The van der Waals surface area contributed by atoms with E-state index in [2.05, 4.69) is 24.4 Å². The molecule has 0 fully saturated rings. The quantitative estimate of drug-likeness (QED) is 0.626. The lowest BCUT2D eigenvalue weighted by Crippen LogP contribution is -2.17. The molecule has 2 aromatic carbocycles. The molecule has 0 aliphatic carbocycles. The summed E-state index contributed by atoms with van der Waals surface area (Å²) in [5.41, 5.74) is 4.23. The van der Waals surface area contributed by atoms with Crippen molar-refractivity contribution >= 4 is 12.1 Å². The van der Waals surface area contributed by atoms with E-state index in [0.717, 1.165) is 11.3 Å². The molecule has 2 aromatic rings. The van der Waals surface area contributed by atoms with Crippen LogP contribution in [0.1, 0.15) is 29.8 Å². The van der Waals surface area contributed by atoms with E-state index >= 15 is 0 Å². The van der Waals surface area contributed by atoms with Crippen molar-refractivity contribution in [3.63, 3.8) is 0 Å². The van der Waals surface area contributed by atoms with Gasteiger partial charge in [0, 0.05) is 18.2 Å². The number of hydrogen-bond acceptors (Lipinski definition) is 3. The Morgan fingerprint density at radius 1 is 1.13 bits per heavy atom. The first-order valence-corrected chi connectivity index (χ1v) is 7.74. The van der Waals surface area contributed by atoms with Gasteiger partial charge >= 0.3 is 0 Å². The summed E-state index contributed by atoms with van der Waals surface area (Å²) < 4.78 is 5.59. The summed E-state index contributed by atoms with van der Waals surface area (Å²) in [6.45, 7) is 4.85. The Labute approximate surface area is 137 Å². The lowest BCUT2D eigenvalue weighted by atomic mass is 10.2. The van der Waals surface area contributed by atoms with Crippen molar-refractivity contribution in [1.29, 1.82) is 0 Å². The second-order valence-corrected chi connectivity index (χ2v) is 5.67. The van der Waals surface area contributed by atoms with Gasteiger partial charge in [0.15, 0.2) is 0 Å². The van der Waals surface area contributed by atoms with Gasteiger partial charge in [-0.15, -0.1) is 0 Å². The van der Waals surface area contributed by atoms with E-state index in [-0.39, 0.29) is 5.91 Å². The van der Waals surface area contributed by atoms with Crippen LogP contribution in [0.15, 0.2) is 59.7 Å². The topological polar surface area (TPSA) is 50.7 Å². The van der Waals surface area contributed by atoms with E-state index in [4.69, 9.17) is 4.74 Å². The Morgan fingerprint density at radius 2 is 1.83 bits per heavy atom. The fourth-order valence-electron chi connectivity index (χ4n) is 1.90. The Hall–Kier alpha value is -2.62. The Balaban J connectivity index is 1.81. The molecular formula is C19H22N2O2. The molecule has 23 heavy (non-hydrogen) atoms. The molecule has 0 saturated carbocycles. The van der Waals surface area contributed by atoms with Crippen LogP contribution in [0.5, 0.6) is 5.75 Å². The first-order chi connectivity index (χ1) is 11.1. The highest BCUT2D eigenvalue weighted by atomic mass is 16.5. The Kier molecular flexibility index (Phi) is 6.36. The van der Waals surface area contributed by atoms with Crippen molar-refractivity contribution in [3.05, 3.63) is 65.7 Å². The smallest absolute Gasteiger partial charge is 0.271 e. The van der Waals surface area contributed by atoms with Gasteiger partial charge in [0.2, 0.25) is 0 Å². The summed E-state index contributed by atoms with van der Waals surface area (Å²) in [6, 6.07) is 17.0. The summed E-state index contributed by atoms with van der Waals surface area (Å²) in [7, 11) is 0. The van der Waals surface area contributed by atoms with E-state index in [1.165, 1.54) is 0 Å². The maximum atomic E-state index is 12.0. The summed E-state index contributed by atoms with van der Waals surface area (Å²) in [5, 5.41) is 3.97. The maximum absolute atomic E-state index is 12.0. The summed E-state index contributed by atoms with van der Waals surface area (Å²) >= 11 is 0. The number of rotatable bonds is 7. The molecule has 4 nitrogen and oxygen atoms in total. The van der Waals surface area contributed by atoms with E-state index in [0.29, 0.717) is 24.5 Å². The van der Waals surface area contributed by atoms with Crippen molar-refractivity contribution < 1.29 is 9.53 Å². The Morgan fingerprint density at radius 3 is 2.48 bits per heavy atom. The minimum absolute atomic E-state index is 0.232. The predicted octanol–water partition coefficient (Wildman–Crippen LogP) is 3.68. The van der Waals surface area contributed by atoms with Crippen molar-refractivity contribution in [2.45, 2.75) is 20.3 Å². The molecule has 0 aromatic heterocycles. The van der Waals surface area contributed by atoms with Gasteiger partial charge in [-0.3, -0.25) is 4.79 Å². The first kappa shape index (κ1) is 16.7. The lowest BCUT2D eigenvalue weighted by Gasteiger charge is -2.08. The van der Waals surface area contributed by atoms with E-state index in [1.54, 1.807) is 30.5 Å². The number of benzene rings is 2. The highest BCUT2D eigenvalue weighted by molar-refractivity contribution is 5.94. The van der Waals surface area contributed by atoms with E-state index < -0.39 is 0 Å². The van der Waals surface area contributed by atoms with E-state index in [9.17, 15) is 4.79 Å². The third-order valence-corrected chi connectivity index (χ3v) is 3.13. The number of amides is 1. The fraction of sp³-hybridized carbons (Fsp3) is 0.263. The second-order valence-electron chi connectivity index (χ2n) is 5.67. The molecule has 0 saturated heterocycles. The van der Waals surface area contributed by atoms with Crippen molar-refractivity contribution in [3.8, 4) is 5.75 Å². The normalized spacial score (nSPS) is 10.9. The second kappa shape index (κ2) is 8.73. The molecule has 0 radical (unpaired) electrons. The van der Waals surface area contributed by atoms with Crippen molar-refractivity contribution in [2.24, 2.45) is 11.0 Å². The van der Waals surface area contributed by atoms with Crippen LogP contribution >= 0.6 is 0 Å². The van der Waals surface area contributed by atoms with Crippen LogP contribution < -0.4 is 10.2 Å². The van der Waals surface area contributed by atoms with Gasteiger partial charge < -0.3 is 4.74 Å². The molecule has 1 amide bonds. The molecule has 120 valence electrons. The third kappa shape index (κ3) is 5.94. The third-order valence-electron chi connectivity index (χ3n) is 3.13. The predicted molar refractivity (Wildman–Crippen MR) is 92.9 cm³/mol. The largest absolute Gasteiger partial charge is 0.493 e. The number of carbonyl (C=O) groups excluding carboxylic acids is 1. The van der Waals surface area contributed by atoms with Gasteiger partial charge in [0.25, 0.3) is 5.91 Å². The molecule has 1 N–H and O–H groups in total. The van der Waals surface area contributed by atoms with Crippen molar-refractivity contribution in [2.75, 3.05) is 6.61 Å². The summed E-state index contributed by atoms with van der Waals surface area (Å²) in [5.74, 6) is 1.00. The zero-order valence-corrected chi connectivity index (χ0v) is 13.5. The van der Waals surface area contributed by atoms with E-state index in [1.807, 2.05) is 30.3 Å². The molecule has 0 aliphatic heterocycles. The SMILES string of the molecule is CC(C)COc1ccc(C(=O)N/N=C/Cc2ccccc2)cc1.